The van der Waals surface area contributed by atoms with Crippen molar-refractivity contribution in [3.05, 3.63) is 76.8 Å². The first-order valence-corrected chi connectivity index (χ1v) is 9.76. The minimum Gasteiger partial charge on any atom is -0.324 e. The Morgan fingerprint density at radius 3 is 2.75 bits per heavy atom. The third-order valence-corrected chi connectivity index (χ3v) is 5.77. The van der Waals surface area contributed by atoms with Crippen LogP contribution in [0.2, 0.25) is 0 Å². The molecule has 0 aliphatic carbocycles. The molecule has 5 aromatic rings. The van der Waals surface area contributed by atoms with E-state index in [1.807, 2.05) is 60.1 Å². The molecular weight excluding hydrogens is 370 g/mol. The zero-order valence-corrected chi connectivity index (χ0v) is 16.0. The number of aryl methyl sites for hydroxylation is 1. The fourth-order valence-electron chi connectivity index (χ4n) is 3.27. The Morgan fingerprint density at radius 2 is 1.93 bits per heavy atom. The Kier molecular flexibility index (Phi) is 3.95. The maximum absolute atomic E-state index is 12.7. The minimum atomic E-state index is -0.175. The maximum atomic E-state index is 12.7. The molecule has 0 aliphatic heterocycles. The van der Waals surface area contributed by atoms with Gasteiger partial charge in [0.25, 0.3) is 5.91 Å². The molecule has 2 N–H and O–H groups in total. The van der Waals surface area contributed by atoms with Gasteiger partial charge < -0.3 is 4.98 Å². The molecule has 7 heteroatoms. The van der Waals surface area contributed by atoms with Gasteiger partial charge in [-0.1, -0.05) is 42.5 Å². The van der Waals surface area contributed by atoms with Gasteiger partial charge in [0.05, 0.1) is 28.1 Å². The molecule has 0 saturated heterocycles. The average Bonchev–Trinajstić information content (AvgIpc) is 3.38. The highest BCUT2D eigenvalue weighted by Crippen LogP contribution is 2.29. The van der Waals surface area contributed by atoms with Gasteiger partial charge in [0.15, 0.2) is 0 Å². The highest BCUT2D eigenvalue weighted by atomic mass is 32.1. The quantitative estimate of drug-likeness (QED) is 0.474. The Morgan fingerprint density at radius 1 is 1.14 bits per heavy atom. The SMILES string of the molecule is Cc1nn(Cc2ccccc2)c2sc(C(=O)Nc3nc4ccccc4[nH]3)cc12. The molecule has 5 rings (SSSR count). The molecule has 0 bridgehead atoms. The largest absolute Gasteiger partial charge is 0.324 e. The Hall–Kier alpha value is -3.45. The molecule has 3 heterocycles. The maximum Gasteiger partial charge on any atom is 0.268 e. The normalized spacial score (nSPS) is 11.3. The molecule has 0 saturated carbocycles. The number of aromatic amines is 1. The number of hydrogen-bond donors (Lipinski definition) is 2. The molecule has 6 nitrogen and oxygen atoms in total. The summed E-state index contributed by atoms with van der Waals surface area (Å²) in [6.45, 7) is 2.65. The second-order valence-corrected chi connectivity index (χ2v) is 7.65. The number of nitrogens with zero attached hydrogens (tertiary/aromatic N) is 3. The van der Waals surface area contributed by atoms with Crippen LogP contribution in [0.5, 0.6) is 0 Å². The third-order valence-electron chi connectivity index (χ3n) is 4.63. The zero-order valence-electron chi connectivity index (χ0n) is 15.1. The molecule has 3 aromatic heterocycles. The van der Waals surface area contributed by atoms with Gasteiger partial charge in [0.1, 0.15) is 4.83 Å². The highest BCUT2D eigenvalue weighted by Gasteiger charge is 2.17. The third kappa shape index (κ3) is 2.95. The first-order valence-electron chi connectivity index (χ1n) is 8.94. The van der Waals surface area contributed by atoms with Gasteiger partial charge in [-0.25, -0.2) is 4.98 Å². The van der Waals surface area contributed by atoms with Gasteiger partial charge in [-0.2, -0.15) is 5.10 Å². The summed E-state index contributed by atoms with van der Waals surface area (Å²) in [5, 5.41) is 8.51. The number of aromatic nitrogens is 4. The number of nitrogens with one attached hydrogen (secondary N) is 2. The second-order valence-electron chi connectivity index (χ2n) is 6.61. The number of benzene rings is 2. The molecule has 1 amide bonds. The lowest BCUT2D eigenvalue weighted by molar-refractivity contribution is 0.103. The van der Waals surface area contributed by atoms with E-state index in [2.05, 4.69) is 32.5 Å². The first-order chi connectivity index (χ1) is 13.7. The van der Waals surface area contributed by atoms with E-state index >= 15 is 0 Å². The van der Waals surface area contributed by atoms with Crippen LogP contribution in [0.15, 0.2) is 60.7 Å². The Balaban J connectivity index is 1.44. The molecule has 0 fully saturated rings. The van der Waals surface area contributed by atoms with Crippen molar-refractivity contribution in [2.24, 2.45) is 0 Å². The molecule has 0 unspecified atom stereocenters. The number of anilines is 1. The second kappa shape index (κ2) is 6.61. The van der Waals surface area contributed by atoms with Crippen LogP contribution in [0.25, 0.3) is 21.3 Å². The predicted octanol–water partition coefficient (Wildman–Crippen LogP) is 4.58. The number of H-pyrrole nitrogens is 1. The van der Waals surface area contributed by atoms with Crippen molar-refractivity contribution in [3.63, 3.8) is 0 Å². The van der Waals surface area contributed by atoms with Crippen LogP contribution in [0.1, 0.15) is 20.9 Å². The fraction of sp³-hybridized carbons (Fsp3) is 0.0952. The summed E-state index contributed by atoms with van der Waals surface area (Å²) in [4.78, 5) is 21.9. The van der Waals surface area contributed by atoms with Crippen LogP contribution in [-0.2, 0) is 6.54 Å². The number of thiophene rings is 1. The average molecular weight is 387 g/mol. The monoisotopic (exact) mass is 387 g/mol. The van der Waals surface area contributed by atoms with Crippen molar-refractivity contribution in [1.82, 2.24) is 19.7 Å². The molecule has 2 aromatic carbocycles. The number of para-hydroxylation sites is 2. The molecule has 28 heavy (non-hydrogen) atoms. The number of fused-ring (bicyclic) bond motifs is 2. The number of hydrogen-bond acceptors (Lipinski definition) is 4. The summed E-state index contributed by atoms with van der Waals surface area (Å²) in [6.07, 6.45) is 0. The summed E-state index contributed by atoms with van der Waals surface area (Å²) in [5.41, 5.74) is 3.81. The number of carbonyl (C=O) groups excluding carboxylic acids is 1. The van der Waals surface area contributed by atoms with E-state index in [1.54, 1.807) is 0 Å². The summed E-state index contributed by atoms with van der Waals surface area (Å²) < 4.78 is 1.96. The predicted molar refractivity (Wildman–Crippen MR) is 112 cm³/mol. The minimum absolute atomic E-state index is 0.175. The molecule has 0 atom stereocenters. The van der Waals surface area contributed by atoms with Crippen LogP contribution in [-0.4, -0.2) is 25.7 Å². The first kappa shape index (κ1) is 16.7. The number of imidazole rings is 1. The smallest absolute Gasteiger partial charge is 0.268 e. The van der Waals surface area contributed by atoms with Crippen molar-refractivity contribution in [1.29, 1.82) is 0 Å². The van der Waals surface area contributed by atoms with Crippen LogP contribution in [0.3, 0.4) is 0 Å². The molecular formula is C21H17N5OS. The van der Waals surface area contributed by atoms with Gasteiger partial charge in [-0.15, -0.1) is 11.3 Å². The van der Waals surface area contributed by atoms with Crippen molar-refractivity contribution in [3.8, 4) is 0 Å². The van der Waals surface area contributed by atoms with Crippen molar-refractivity contribution < 1.29 is 4.79 Å². The summed E-state index contributed by atoms with van der Waals surface area (Å²) >= 11 is 1.44. The Bertz CT molecular complexity index is 1270. The van der Waals surface area contributed by atoms with E-state index < -0.39 is 0 Å². The van der Waals surface area contributed by atoms with Gasteiger partial charge in [-0.3, -0.25) is 14.8 Å². The lowest BCUT2D eigenvalue weighted by Gasteiger charge is -2.02. The standard InChI is InChI=1S/C21H17N5OS/c1-13-15-11-18(19(27)24-21-22-16-9-5-6-10-17(16)23-21)28-20(15)26(25-13)12-14-7-3-2-4-8-14/h2-11H,12H2,1H3,(H2,22,23,24,27). The van der Waals surface area contributed by atoms with Crippen LogP contribution in [0.4, 0.5) is 5.95 Å². The van der Waals surface area contributed by atoms with Gasteiger partial charge in [0, 0.05) is 5.39 Å². The Labute approximate surface area is 164 Å². The van der Waals surface area contributed by atoms with Crippen molar-refractivity contribution in [2.75, 3.05) is 5.32 Å². The number of rotatable bonds is 4. The van der Waals surface area contributed by atoms with Gasteiger partial charge in [0.2, 0.25) is 5.95 Å². The molecule has 0 aliphatic rings. The molecule has 0 spiro atoms. The fourth-order valence-corrected chi connectivity index (χ4v) is 4.33. The van der Waals surface area contributed by atoms with Gasteiger partial charge >= 0.3 is 0 Å². The van der Waals surface area contributed by atoms with Crippen molar-refractivity contribution >= 4 is 44.4 Å². The lowest BCUT2D eigenvalue weighted by atomic mass is 10.2. The van der Waals surface area contributed by atoms with E-state index in [1.165, 1.54) is 16.9 Å². The van der Waals surface area contributed by atoms with E-state index in [-0.39, 0.29) is 5.91 Å². The molecule has 138 valence electrons. The number of amides is 1. The van der Waals surface area contributed by atoms with Gasteiger partial charge in [-0.05, 0) is 30.7 Å². The van der Waals surface area contributed by atoms with E-state index in [9.17, 15) is 4.79 Å². The van der Waals surface area contributed by atoms with Crippen LogP contribution in [0, 0.1) is 6.92 Å². The van der Waals surface area contributed by atoms with Crippen molar-refractivity contribution in [2.45, 2.75) is 13.5 Å². The van der Waals surface area contributed by atoms with Crippen LogP contribution < -0.4 is 5.32 Å². The summed E-state index contributed by atoms with van der Waals surface area (Å²) in [7, 11) is 0. The highest BCUT2D eigenvalue weighted by molar-refractivity contribution is 7.20. The molecule has 0 radical (unpaired) electrons. The topological polar surface area (TPSA) is 75.6 Å². The lowest BCUT2D eigenvalue weighted by Crippen LogP contribution is -2.11. The van der Waals surface area contributed by atoms with E-state index in [4.69, 9.17) is 0 Å². The van der Waals surface area contributed by atoms with E-state index in [0.717, 1.165) is 26.9 Å². The number of carbonyl (C=O) groups is 1. The van der Waals surface area contributed by atoms with E-state index in [0.29, 0.717) is 17.4 Å². The zero-order chi connectivity index (χ0) is 19.1. The summed E-state index contributed by atoms with van der Waals surface area (Å²) in [6, 6.07) is 19.8. The van der Waals surface area contributed by atoms with Crippen LogP contribution >= 0.6 is 11.3 Å². The summed E-state index contributed by atoms with van der Waals surface area (Å²) in [5.74, 6) is 0.275.